The molecule has 1 aromatic carbocycles. The molecule has 1 amide bonds. The van der Waals surface area contributed by atoms with Crippen LogP contribution in [0.4, 0.5) is 0 Å². The van der Waals surface area contributed by atoms with Crippen molar-refractivity contribution in [1.82, 2.24) is 9.88 Å². The number of hydrogen-bond acceptors (Lipinski definition) is 3. The molecule has 6 nitrogen and oxygen atoms in total. The molecule has 0 spiro atoms. The van der Waals surface area contributed by atoms with Crippen LogP contribution in [0, 0.1) is 0 Å². The first-order valence-electron chi connectivity index (χ1n) is 7.03. The van der Waals surface area contributed by atoms with Crippen LogP contribution in [0.5, 0.6) is 0 Å². The number of benzene rings is 1. The van der Waals surface area contributed by atoms with Crippen LogP contribution < -0.4 is 0 Å². The first kappa shape index (κ1) is 14.3. The highest BCUT2D eigenvalue weighted by molar-refractivity contribution is 5.94. The molecule has 1 saturated heterocycles. The first-order chi connectivity index (χ1) is 10.6. The second-order valence-corrected chi connectivity index (χ2v) is 5.10. The molecule has 1 aliphatic heterocycles. The smallest absolute Gasteiger partial charge is 0.334 e. The van der Waals surface area contributed by atoms with Crippen molar-refractivity contribution in [2.75, 3.05) is 19.7 Å². The standard InChI is InChI=1S/C16H16N2O4/c19-15(18-8-9-22-14(10-18)16(20)21)13-7-6-12(17-13)11-4-2-1-3-5-11/h1-7,14,17H,8-10H2,(H,20,21)/t14-/m1/s1. The molecule has 1 fully saturated rings. The molecule has 1 aliphatic rings. The van der Waals surface area contributed by atoms with Crippen LogP contribution in [0.25, 0.3) is 11.3 Å². The summed E-state index contributed by atoms with van der Waals surface area (Å²) in [5.41, 5.74) is 2.30. The molecule has 3 rings (SSSR count). The van der Waals surface area contributed by atoms with Crippen molar-refractivity contribution in [2.24, 2.45) is 0 Å². The quantitative estimate of drug-likeness (QED) is 0.902. The fourth-order valence-electron chi connectivity index (χ4n) is 2.46. The lowest BCUT2D eigenvalue weighted by Crippen LogP contribution is -2.48. The summed E-state index contributed by atoms with van der Waals surface area (Å²) < 4.78 is 5.13. The summed E-state index contributed by atoms with van der Waals surface area (Å²) in [6.07, 6.45) is -0.957. The molecule has 114 valence electrons. The van der Waals surface area contributed by atoms with E-state index in [4.69, 9.17) is 9.84 Å². The Morgan fingerprint density at radius 3 is 2.68 bits per heavy atom. The number of carbonyl (C=O) groups excluding carboxylic acids is 1. The highest BCUT2D eigenvalue weighted by Crippen LogP contribution is 2.19. The second kappa shape index (κ2) is 6.03. The van der Waals surface area contributed by atoms with Gasteiger partial charge in [-0.3, -0.25) is 4.79 Å². The lowest BCUT2D eigenvalue weighted by atomic mass is 10.2. The number of carbonyl (C=O) groups is 2. The minimum absolute atomic E-state index is 0.0634. The maximum Gasteiger partial charge on any atom is 0.334 e. The van der Waals surface area contributed by atoms with Crippen LogP contribution in [0.15, 0.2) is 42.5 Å². The van der Waals surface area contributed by atoms with Crippen LogP contribution in [0.1, 0.15) is 10.5 Å². The van der Waals surface area contributed by atoms with E-state index >= 15 is 0 Å². The van der Waals surface area contributed by atoms with Gasteiger partial charge in [0.2, 0.25) is 0 Å². The molecule has 0 radical (unpaired) electrons. The summed E-state index contributed by atoms with van der Waals surface area (Å²) in [5, 5.41) is 8.99. The summed E-state index contributed by atoms with van der Waals surface area (Å²) >= 11 is 0. The zero-order valence-electron chi connectivity index (χ0n) is 11.9. The number of rotatable bonds is 3. The van der Waals surface area contributed by atoms with Gasteiger partial charge >= 0.3 is 5.97 Å². The number of aromatic amines is 1. The fraction of sp³-hybridized carbons (Fsp3) is 0.250. The Bertz CT molecular complexity index is 680. The summed E-state index contributed by atoms with van der Waals surface area (Å²) in [6.45, 7) is 0.686. The second-order valence-electron chi connectivity index (χ2n) is 5.10. The van der Waals surface area contributed by atoms with Crippen LogP contribution in [0.3, 0.4) is 0 Å². The van der Waals surface area contributed by atoms with E-state index < -0.39 is 12.1 Å². The van der Waals surface area contributed by atoms with Gasteiger partial charge in [0, 0.05) is 12.2 Å². The van der Waals surface area contributed by atoms with Crippen molar-refractivity contribution >= 4 is 11.9 Å². The van der Waals surface area contributed by atoms with Crippen LogP contribution in [0.2, 0.25) is 0 Å². The van der Waals surface area contributed by atoms with E-state index in [-0.39, 0.29) is 19.1 Å². The molecular weight excluding hydrogens is 284 g/mol. The number of carboxylic acid groups (broad SMARTS) is 1. The van der Waals surface area contributed by atoms with Gasteiger partial charge in [-0.25, -0.2) is 4.79 Å². The third-order valence-corrected chi connectivity index (χ3v) is 3.63. The fourth-order valence-corrected chi connectivity index (χ4v) is 2.46. The highest BCUT2D eigenvalue weighted by atomic mass is 16.5. The maximum atomic E-state index is 12.5. The topological polar surface area (TPSA) is 82.6 Å². The van der Waals surface area contributed by atoms with E-state index in [0.717, 1.165) is 11.3 Å². The molecule has 1 aromatic heterocycles. The molecule has 6 heteroatoms. The van der Waals surface area contributed by atoms with E-state index in [1.54, 1.807) is 6.07 Å². The largest absolute Gasteiger partial charge is 0.479 e. The number of amides is 1. The van der Waals surface area contributed by atoms with Crippen molar-refractivity contribution in [2.45, 2.75) is 6.10 Å². The van der Waals surface area contributed by atoms with E-state index in [9.17, 15) is 9.59 Å². The lowest BCUT2D eigenvalue weighted by Gasteiger charge is -2.30. The minimum Gasteiger partial charge on any atom is -0.479 e. The van der Waals surface area contributed by atoms with Crippen LogP contribution >= 0.6 is 0 Å². The zero-order chi connectivity index (χ0) is 15.5. The molecule has 1 atom stereocenters. The lowest BCUT2D eigenvalue weighted by molar-refractivity contribution is -0.154. The summed E-state index contributed by atoms with van der Waals surface area (Å²) in [7, 11) is 0. The Hall–Kier alpha value is -2.60. The van der Waals surface area contributed by atoms with Crippen LogP contribution in [-0.4, -0.2) is 52.7 Å². The number of H-pyrrole nitrogens is 1. The number of hydrogen-bond donors (Lipinski definition) is 2. The molecule has 0 bridgehead atoms. The van der Waals surface area contributed by atoms with Crippen molar-refractivity contribution in [3.8, 4) is 11.3 Å². The number of morpholine rings is 1. The third-order valence-electron chi connectivity index (χ3n) is 3.63. The van der Waals surface area contributed by atoms with Gasteiger partial charge in [-0.1, -0.05) is 30.3 Å². The molecular formula is C16H16N2O4. The number of carboxylic acids is 1. The molecule has 0 unspecified atom stereocenters. The van der Waals surface area contributed by atoms with Crippen LogP contribution in [-0.2, 0) is 9.53 Å². The van der Waals surface area contributed by atoms with E-state index in [2.05, 4.69) is 4.98 Å². The number of aliphatic carboxylic acids is 1. The molecule has 0 saturated carbocycles. The van der Waals surface area contributed by atoms with Gasteiger partial charge in [0.05, 0.1) is 13.2 Å². The van der Waals surface area contributed by atoms with Crippen molar-refractivity contribution in [3.05, 3.63) is 48.2 Å². The molecule has 2 heterocycles. The van der Waals surface area contributed by atoms with Gasteiger partial charge in [0.25, 0.3) is 5.91 Å². The number of aromatic nitrogens is 1. The van der Waals surface area contributed by atoms with Crippen molar-refractivity contribution in [3.63, 3.8) is 0 Å². The molecule has 0 aliphatic carbocycles. The highest BCUT2D eigenvalue weighted by Gasteiger charge is 2.29. The van der Waals surface area contributed by atoms with Gasteiger partial charge < -0.3 is 19.7 Å². The molecule has 2 aromatic rings. The average molecular weight is 300 g/mol. The summed E-state index contributed by atoms with van der Waals surface area (Å²) in [4.78, 5) is 28.0. The Morgan fingerprint density at radius 2 is 1.95 bits per heavy atom. The third kappa shape index (κ3) is 2.87. The first-order valence-corrected chi connectivity index (χ1v) is 7.03. The molecule has 22 heavy (non-hydrogen) atoms. The number of nitrogens with one attached hydrogen (secondary N) is 1. The average Bonchev–Trinajstić information content (AvgIpc) is 3.05. The van der Waals surface area contributed by atoms with E-state index in [0.29, 0.717) is 12.2 Å². The van der Waals surface area contributed by atoms with Gasteiger partial charge in [-0.15, -0.1) is 0 Å². The maximum absolute atomic E-state index is 12.5. The predicted octanol–water partition coefficient (Wildman–Crippen LogP) is 1.61. The monoisotopic (exact) mass is 300 g/mol. The van der Waals surface area contributed by atoms with Gasteiger partial charge in [-0.05, 0) is 17.7 Å². The predicted molar refractivity (Wildman–Crippen MR) is 79.5 cm³/mol. The Kier molecular flexibility index (Phi) is 3.93. The van der Waals surface area contributed by atoms with Gasteiger partial charge in [-0.2, -0.15) is 0 Å². The van der Waals surface area contributed by atoms with Gasteiger partial charge in [0.1, 0.15) is 5.69 Å². The SMILES string of the molecule is O=C(O)[C@H]1CN(C(=O)c2ccc(-c3ccccc3)[nH]2)CCO1. The Labute approximate surface area is 127 Å². The zero-order valence-corrected chi connectivity index (χ0v) is 11.9. The van der Waals surface area contributed by atoms with Crippen molar-refractivity contribution in [1.29, 1.82) is 0 Å². The number of nitrogens with zero attached hydrogens (tertiary/aromatic N) is 1. The summed E-state index contributed by atoms with van der Waals surface area (Å²) in [6, 6.07) is 13.3. The molecule has 2 N–H and O–H groups in total. The summed E-state index contributed by atoms with van der Waals surface area (Å²) in [5.74, 6) is -1.26. The Balaban J connectivity index is 1.76. The van der Waals surface area contributed by atoms with E-state index in [1.165, 1.54) is 4.90 Å². The van der Waals surface area contributed by atoms with E-state index in [1.807, 2.05) is 36.4 Å². The number of ether oxygens (including phenoxy) is 1. The normalized spacial score (nSPS) is 18.2. The van der Waals surface area contributed by atoms with Gasteiger partial charge in [0.15, 0.2) is 6.10 Å². The Morgan fingerprint density at radius 1 is 1.18 bits per heavy atom. The van der Waals surface area contributed by atoms with Crippen molar-refractivity contribution < 1.29 is 19.4 Å². The minimum atomic E-state index is -1.05.